The highest BCUT2D eigenvalue weighted by Crippen LogP contribution is 2.28. The Morgan fingerprint density at radius 1 is 1.29 bits per heavy atom. The van der Waals surface area contributed by atoms with Gasteiger partial charge in [-0.15, -0.1) is 0 Å². The van der Waals surface area contributed by atoms with Gasteiger partial charge in [0.25, 0.3) is 0 Å². The SMILES string of the molecule is C=C1NC(=O)N[C@@H](/C(Cl)=C/c2ccccc2)[C@@H]1C(=O)OC(C)(C)C. The van der Waals surface area contributed by atoms with Gasteiger partial charge in [0.2, 0.25) is 0 Å². The minimum Gasteiger partial charge on any atom is -0.459 e. The van der Waals surface area contributed by atoms with E-state index in [4.69, 9.17) is 16.3 Å². The van der Waals surface area contributed by atoms with Crippen molar-refractivity contribution in [1.29, 1.82) is 0 Å². The first-order valence-electron chi connectivity index (χ1n) is 7.59. The minimum atomic E-state index is -0.811. The molecule has 0 aromatic heterocycles. The van der Waals surface area contributed by atoms with E-state index in [1.165, 1.54) is 0 Å². The Bertz CT molecular complexity index is 677. The third-order valence-corrected chi connectivity index (χ3v) is 3.68. The number of urea groups is 1. The number of rotatable bonds is 3. The number of benzene rings is 1. The summed E-state index contributed by atoms with van der Waals surface area (Å²) in [5.74, 6) is -1.31. The molecule has 2 N–H and O–H groups in total. The van der Waals surface area contributed by atoms with E-state index in [-0.39, 0.29) is 5.70 Å². The lowest BCUT2D eigenvalue weighted by Gasteiger charge is -2.34. The van der Waals surface area contributed by atoms with Gasteiger partial charge < -0.3 is 15.4 Å². The number of amides is 2. The molecule has 0 unspecified atom stereocenters. The molecule has 128 valence electrons. The second-order valence-electron chi connectivity index (χ2n) is 6.55. The van der Waals surface area contributed by atoms with E-state index < -0.39 is 29.6 Å². The lowest BCUT2D eigenvalue weighted by atomic mass is 9.93. The number of hydrogen-bond acceptors (Lipinski definition) is 3. The van der Waals surface area contributed by atoms with Crippen LogP contribution in [0.25, 0.3) is 6.08 Å². The van der Waals surface area contributed by atoms with Gasteiger partial charge >= 0.3 is 12.0 Å². The molecule has 1 saturated heterocycles. The monoisotopic (exact) mass is 348 g/mol. The topological polar surface area (TPSA) is 67.4 Å². The highest BCUT2D eigenvalue weighted by atomic mass is 35.5. The van der Waals surface area contributed by atoms with Crippen molar-refractivity contribution >= 4 is 29.7 Å². The Kier molecular flexibility index (Phi) is 5.34. The van der Waals surface area contributed by atoms with Gasteiger partial charge in [0.15, 0.2) is 0 Å². The maximum Gasteiger partial charge on any atom is 0.319 e. The molecule has 5 nitrogen and oxygen atoms in total. The van der Waals surface area contributed by atoms with E-state index in [1.54, 1.807) is 26.8 Å². The zero-order chi connectivity index (χ0) is 17.9. The molecule has 24 heavy (non-hydrogen) atoms. The van der Waals surface area contributed by atoms with Gasteiger partial charge in [0, 0.05) is 10.7 Å². The van der Waals surface area contributed by atoms with Crippen molar-refractivity contribution in [3.63, 3.8) is 0 Å². The number of hydrogen-bond donors (Lipinski definition) is 2. The molecular formula is C18H21ClN2O3. The van der Waals surface area contributed by atoms with Crippen molar-refractivity contribution < 1.29 is 14.3 Å². The zero-order valence-corrected chi connectivity index (χ0v) is 14.7. The molecule has 0 bridgehead atoms. The Morgan fingerprint density at radius 3 is 2.50 bits per heavy atom. The zero-order valence-electron chi connectivity index (χ0n) is 13.9. The van der Waals surface area contributed by atoms with Gasteiger partial charge in [-0.2, -0.15) is 0 Å². The summed E-state index contributed by atoms with van der Waals surface area (Å²) in [5, 5.41) is 5.51. The number of carbonyl (C=O) groups excluding carboxylic acids is 2. The fourth-order valence-corrected chi connectivity index (χ4v) is 2.66. The standard InChI is InChI=1S/C18H21ClN2O3/c1-11-14(16(22)24-18(2,3)4)15(21-17(23)20-11)13(19)10-12-8-6-5-7-9-12/h5-10,14-15H,1H2,2-4H3,(H2,20,21,23)/b13-10-/t14-,15+/m1/s1. The van der Waals surface area contributed by atoms with Crippen LogP contribution in [0.1, 0.15) is 26.3 Å². The molecule has 1 aromatic rings. The molecule has 1 aliphatic heterocycles. The van der Waals surface area contributed by atoms with Crippen molar-refractivity contribution in [2.45, 2.75) is 32.4 Å². The predicted octanol–water partition coefficient (Wildman–Crippen LogP) is 3.42. The quantitative estimate of drug-likeness (QED) is 0.822. The minimum absolute atomic E-state index is 0.262. The van der Waals surface area contributed by atoms with Crippen molar-refractivity contribution in [1.82, 2.24) is 10.6 Å². The van der Waals surface area contributed by atoms with Crippen LogP contribution < -0.4 is 10.6 Å². The van der Waals surface area contributed by atoms with Gasteiger partial charge in [0.05, 0.1) is 6.04 Å². The van der Waals surface area contributed by atoms with E-state index >= 15 is 0 Å². The van der Waals surface area contributed by atoms with Gasteiger partial charge in [-0.3, -0.25) is 4.79 Å². The fourth-order valence-electron chi connectivity index (χ4n) is 2.36. The lowest BCUT2D eigenvalue weighted by molar-refractivity contribution is -0.159. The van der Waals surface area contributed by atoms with E-state index in [2.05, 4.69) is 17.2 Å². The van der Waals surface area contributed by atoms with Crippen molar-refractivity contribution in [2.24, 2.45) is 5.92 Å². The van der Waals surface area contributed by atoms with Crippen LogP contribution in [0.5, 0.6) is 0 Å². The molecular weight excluding hydrogens is 328 g/mol. The normalized spacial score (nSPS) is 21.8. The third-order valence-electron chi connectivity index (χ3n) is 3.33. The van der Waals surface area contributed by atoms with Crippen LogP contribution in [0.4, 0.5) is 4.79 Å². The first-order valence-corrected chi connectivity index (χ1v) is 7.96. The summed E-state index contributed by atoms with van der Waals surface area (Å²) in [6.45, 7) is 9.11. The van der Waals surface area contributed by atoms with Crippen LogP contribution in [0.3, 0.4) is 0 Å². The fraction of sp³-hybridized carbons (Fsp3) is 0.333. The summed E-state index contributed by atoms with van der Waals surface area (Å²) in [7, 11) is 0. The van der Waals surface area contributed by atoms with Gasteiger partial charge in [0.1, 0.15) is 11.5 Å². The molecule has 1 heterocycles. The Morgan fingerprint density at radius 2 is 1.92 bits per heavy atom. The summed E-state index contributed by atoms with van der Waals surface area (Å²) < 4.78 is 5.44. The van der Waals surface area contributed by atoms with Crippen LogP contribution in [0.15, 0.2) is 47.6 Å². The van der Waals surface area contributed by atoms with Crippen molar-refractivity contribution in [3.05, 3.63) is 53.2 Å². The maximum absolute atomic E-state index is 12.5. The average Bonchev–Trinajstić information content (AvgIpc) is 2.45. The molecule has 2 amide bonds. The summed E-state index contributed by atoms with van der Waals surface area (Å²) in [6, 6.07) is 8.21. The molecule has 0 aliphatic carbocycles. The number of nitrogens with one attached hydrogen (secondary N) is 2. The van der Waals surface area contributed by atoms with E-state index in [0.717, 1.165) is 5.56 Å². The lowest BCUT2D eigenvalue weighted by Crippen LogP contribution is -2.56. The summed E-state index contributed by atoms with van der Waals surface area (Å²) >= 11 is 6.40. The van der Waals surface area contributed by atoms with Crippen LogP contribution in [-0.2, 0) is 9.53 Å². The van der Waals surface area contributed by atoms with E-state index in [0.29, 0.717) is 5.03 Å². The predicted molar refractivity (Wildman–Crippen MR) is 94.2 cm³/mol. The first-order chi connectivity index (χ1) is 11.2. The third kappa shape index (κ3) is 4.61. The molecule has 0 saturated carbocycles. The number of esters is 1. The molecule has 0 radical (unpaired) electrons. The van der Waals surface area contributed by atoms with Gasteiger partial charge in [-0.05, 0) is 32.4 Å². The smallest absolute Gasteiger partial charge is 0.319 e. The second-order valence-corrected chi connectivity index (χ2v) is 6.99. The van der Waals surface area contributed by atoms with E-state index in [1.807, 2.05) is 30.3 Å². The number of halogens is 1. The second kappa shape index (κ2) is 7.09. The number of ether oxygens (including phenoxy) is 1. The Balaban J connectivity index is 2.31. The summed E-state index contributed by atoms with van der Waals surface area (Å²) in [5.41, 5.74) is 0.473. The average molecular weight is 349 g/mol. The molecule has 2 rings (SSSR count). The summed E-state index contributed by atoms with van der Waals surface area (Å²) in [6.07, 6.45) is 1.71. The molecule has 1 aliphatic rings. The van der Waals surface area contributed by atoms with Crippen molar-refractivity contribution in [3.8, 4) is 0 Å². The maximum atomic E-state index is 12.5. The number of carbonyl (C=O) groups is 2. The molecule has 6 heteroatoms. The Hall–Kier alpha value is -2.27. The van der Waals surface area contributed by atoms with Crippen LogP contribution in [-0.4, -0.2) is 23.6 Å². The summed E-state index contributed by atoms with van der Waals surface area (Å²) in [4.78, 5) is 24.3. The van der Waals surface area contributed by atoms with Crippen molar-refractivity contribution in [2.75, 3.05) is 0 Å². The highest BCUT2D eigenvalue weighted by molar-refractivity contribution is 6.32. The van der Waals surface area contributed by atoms with Crippen LogP contribution in [0.2, 0.25) is 0 Å². The van der Waals surface area contributed by atoms with Crippen LogP contribution in [0, 0.1) is 5.92 Å². The van der Waals surface area contributed by atoms with Gasteiger partial charge in [-0.25, -0.2) is 4.79 Å². The molecule has 1 aromatic carbocycles. The molecule has 0 spiro atoms. The molecule has 1 fully saturated rings. The van der Waals surface area contributed by atoms with Gasteiger partial charge in [-0.1, -0.05) is 48.5 Å². The van der Waals surface area contributed by atoms with Crippen LogP contribution >= 0.6 is 11.6 Å². The highest BCUT2D eigenvalue weighted by Gasteiger charge is 2.40. The first kappa shape index (κ1) is 18.1. The Labute approximate surface area is 146 Å². The molecule has 2 atom stereocenters. The largest absolute Gasteiger partial charge is 0.459 e. The van der Waals surface area contributed by atoms with E-state index in [9.17, 15) is 9.59 Å².